The molecule has 0 heterocycles. The Morgan fingerprint density at radius 3 is 0.930 bits per heavy atom. The van der Waals surface area contributed by atoms with E-state index in [4.69, 9.17) is 9.47 Å². The van der Waals surface area contributed by atoms with E-state index in [1.807, 2.05) is 0 Å². The van der Waals surface area contributed by atoms with Gasteiger partial charge in [0.15, 0.2) is 6.10 Å². The van der Waals surface area contributed by atoms with Crippen LogP contribution in [0, 0.1) is 0 Å². The van der Waals surface area contributed by atoms with Gasteiger partial charge in [0.2, 0.25) is 0 Å². The first-order chi connectivity index (χ1) is 35.1. The molecule has 0 saturated carbocycles. The number of esters is 2. The lowest BCUT2D eigenvalue weighted by Crippen LogP contribution is -2.28. The van der Waals surface area contributed by atoms with Gasteiger partial charge in [-0.15, -0.1) is 0 Å². The second-order valence-electron chi connectivity index (χ2n) is 20.4. The molecule has 0 rings (SSSR count). The summed E-state index contributed by atoms with van der Waals surface area (Å²) in [5, 5.41) is 9.65. The van der Waals surface area contributed by atoms with Crippen molar-refractivity contribution in [2.24, 2.45) is 0 Å². The van der Waals surface area contributed by atoms with Crippen LogP contribution in [-0.2, 0) is 19.1 Å². The molecule has 1 unspecified atom stereocenters. The monoisotopic (exact) mass is 989 g/mol. The van der Waals surface area contributed by atoms with Crippen LogP contribution in [0.3, 0.4) is 0 Å². The second kappa shape index (κ2) is 61.4. The van der Waals surface area contributed by atoms with Crippen LogP contribution in [-0.4, -0.2) is 36.4 Å². The first-order valence-electron chi connectivity index (χ1n) is 30.6. The van der Waals surface area contributed by atoms with Crippen molar-refractivity contribution in [1.82, 2.24) is 0 Å². The third-order valence-corrected chi connectivity index (χ3v) is 13.4. The van der Waals surface area contributed by atoms with E-state index in [0.717, 1.165) is 83.5 Å². The molecule has 0 aliphatic rings. The normalized spacial score (nSPS) is 12.8. The fourth-order valence-corrected chi connectivity index (χ4v) is 8.85. The maximum atomic E-state index is 12.3. The first kappa shape index (κ1) is 68.1. The largest absolute Gasteiger partial charge is 0.462 e. The Morgan fingerprint density at radius 2 is 0.606 bits per heavy atom. The van der Waals surface area contributed by atoms with Crippen molar-refractivity contribution < 1.29 is 24.2 Å². The van der Waals surface area contributed by atoms with Gasteiger partial charge >= 0.3 is 11.9 Å². The molecule has 0 aliphatic carbocycles. The number of carbonyl (C=O) groups is 2. The molecule has 5 heteroatoms. The highest BCUT2D eigenvalue weighted by Crippen LogP contribution is 2.17. The molecule has 1 N–H and O–H groups in total. The maximum absolute atomic E-state index is 12.3. The quantitative estimate of drug-likeness (QED) is 0.0373. The number of carbonyl (C=O) groups excluding carboxylic acids is 2. The highest BCUT2D eigenvalue weighted by atomic mass is 16.6. The highest BCUT2D eigenvalue weighted by molar-refractivity contribution is 5.70. The van der Waals surface area contributed by atoms with Crippen LogP contribution < -0.4 is 0 Å². The Labute approximate surface area is 441 Å². The van der Waals surface area contributed by atoms with E-state index in [1.54, 1.807) is 0 Å². The fourth-order valence-electron chi connectivity index (χ4n) is 8.85. The van der Waals surface area contributed by atoms with Crippen LogP contribution >= 0.6 is 0 Å². The van der Waals surface area contributed by atoms with Crippen LogP contribution in [0.4, 0.5) is 0 Å². The maximum Gasteiger partial charge on any atom is 0.306 e. The Bertz CT molecular complexity index is 1300. The van der Waals surface area contributed by atoms with E-state index < -0.39 is 6.10 Å². The minimum absolute atomic E-state index is 0.0681. The molecule has 0 aliphatic heterocycles. The molecule has 0 aromatic heterocycles. The van der Waals surface area contributed by atoms with E-state index in [0.29, 0.717) is 12.8 Å². The zero-order valence-electron chi connectivity index (χ0n) is 47.0. The molecule has 0 aromatic carbocycles. The highest BCUT2D eigenvalue weighted by Gasteiger charge is 2.16. The third kappa shape index (κ3) is 59.5. The van der Waals surface area contributed by atoms with Gasteiger partial charge in [-0.2, -0.15) is 0 Å². The predicted octanol–water partition coefficient (Wildman–Crippen LogP) is 20.9. The summed E-state index contributed by atoms with van der Waals surface area (Å²) in [5.74, 6) is -0.589. The van der Waals surface area contributed by atoms with Gasteiger partial charge in [0.25, 0.3) is 0 Å². The predicted molar refractivity (Wildman–Crippen MR) is 311 cm³/mol. The smallest absolute Gasteiger partial charge is 0.306 e. The lowest BCUT2D eigenvalue weighted by atomic mass is 10.0. The second-order valence-corrected chi connectivity index (χ2v) is 20.4. The number of aliphatic hydroxyl groups is 1. The Kier molecular flexibility index (Phi) is 58.9. The van der Waals surface area contributed by atoms with Gasteiger partial charge in [0.1, 0.15) is 6.61 Å². The number of ether oxygens (including phenoxy) is 2. The van der Waals surface area contributed by atoms with Crippen molar-refractivity contribution in [3.8, 4) is 0 Å². The van der Waals surface area contributed by atoms with Crippen LogP contribution in [0.1, 0.15) is 303 Å². The van der Waals surface area contributed by atoms with Crippen LogP contribution in [0.2, 0.25) is 0 Å². The van der Waals surface area contributed by atoms with E-state index in [9.17, 15) is 14.7 Å². The van der Waals surface area contributed by atoms with Crippen LogP contribution in [0.25, 0.3) is 0 Å². The average molecular weight is 990 g/mol. The molecule has 0 spiro atoms. The van der Waals surface area contributed by atoms with E-state index >= 15 is 0 Å². The molecule has 0 amide bonds. The lowest BCUT2D eigenvalue weighted by Gasteiger charge is -2.15. The molecule has 0 bridgehead atoms. The number of rotatable bonds is 56. The Morgan fingerprint density at radius 1 is 0.338 bits per heavy atom. The van der Waals surface area contributed by atoms with Gasteiger partial charge < -0.3 is 14.6 Å². The Hall–Kier alpha value is -2.92. The van der Waals surface area contributed by atoms with E-state index in [-0.39, 0.29) is 25.2 Å². The van der Waals surface area contributed by atoms with Crippen molar-refractivity contribution in [3.05, 3.63) is 85.1 Å². The standard InChI is InChI=1S/C66H116O5/c1-3-5-7-9-11-13-15-17-19-21-22-23-24-25-26-27-28-29-30-31-32-33-34-35-36-37-38-39-40-41-42-43-44-45-47-49-51-53-55-57-59-61-66(69)71-64(62-67)63-70-65(68)60-58-56-54-52-50-48-46-20-18-16-14-12-10-8-6-4-2/h5,7,11,13,17,19-20,22-23,25-26,28-29,46,64,67H,3-4,6,8-10,12,14-16,18,21,24,27,30-45,47-63H2,1-2H3/b7-5-,13-11-,19-17-,23-22-,26-25-,29-28-,46-20-. The molecular formula is C66H116O5. The van der Waals surface area contributed by atoms with Crippen molar-refractivity contribution in [3.63, 3.8) is 0 Å². The molecule has 0 radical (unpaired) electrons. The van der Waals surface area contributed by atoms with Crippen molar-refractivity contribution in [2.45, 2.75) is 309 Å². The summed E-state index contributed by atoms with van der Waals surface area (Å²) in [7, 11) is 0. The van der Waals surface area contributed by atoms with Gasteiger partial charge in [0.05, 0.1) is 6.61 Å². The number of aliphatic hydroxyl groups excluding tert-OH is 1. The number of hydrogen-bond donors (Lipinski definition) is 1. The summed E-state index contributed by atoms with van der Waals surface area (Å²) in [6, 6.07) is 0. The molecule has 0 saturated heterocycles. The topological polar surface area (TPSA) is 72.8 Å². The van der Waals surface area contributed by atoms with Gasteiger partial charge in [0, 0.05) is 12.8 Å². The number of unbranched alkanes of at least 4 members (excludes halogenated alkanes) is 34. The van der Waals surface area contributed by atoms with Crippen molar-refractivity contribution in [1.29, 1.82) is 0 Å². The Balaban J connectivity index is 3.42. The van der Waals surface area contributed by atoms with Crippen molar-refractivity contribution >= 4 is 11.9 Å². The fraction of sp³-hybridized carbons (Fsp3) is 0.758. The molecule has 0 fully saturated rings. The molecular weight excluding hydrogens is 873 g/mol. The molecule has 5 nitrogen and oxygen atoms in total. The summed E-state index contributed by atoms with van der Waals surface area (Å²) < 4.78 is 10.7. The molecule has 410 valence electrons. The lowest BCUT2D eigenvalue weighted by molar-refractivity contribution is -0.161. The number of allylic oxidation sites excluding steroid dienone is 14. The average Bonchev–Trinajstić information content (AvgIpc) is 3.37. The third-order valence-electron chi connectivity index (χ3n) is 13.4. The van der Waals surface area contributed by atoms with Gasteiger partial charge in [-0.25, -0.2) is 0 Å². The zero-order valence-corrected chi connectivity index (χ0v) is 47.0. The van der Waals surface area contributed by atoms with Crippen LogP contribution in [0.15, 0.2) is 85.1 Å². The summed E-state index contributed by atoms with van der Waals surface area (Å²) >= 11 is 0. The van der Waals surface area contributed by atoms with Gasteiger partial charge in [-0.05, 0) is 89.9 Å². The molecule has 0 aromatic rings. The van der Waals surface area contributed by atoms with E-state index in [1.165, 1.54) is 193 Å². The molecule has 71 heavy (non-hydrogen) atoms. The minimum Gasteiger partial charge on any atom is -0.462 e. The zero-order chi connectivity index (χ0) is 51.3. The van der Waals surface area contributed by atoms with E-state index in [2.05, 4.69) is 98.9 Å². The summed E-state index contributed by atoms with van der Waals surface area (Å²) in [4.78, 5) is 24.5. The minimum atomic E-state index is -0.775. The molecule has 1 atom stereocenters. The SMILES string of the molecule is CC/C=C\C/C=C\C/C=C\C/C=C\C/C=C\C/C=C\CCCCCCCCCCCCCCCCCCCCCCCCC(=O)OC(CO)COC(=O)CCCCCCC/C=C\CCCCCCCCC. The van der Waals surface area contributed by atoms with Crippen molar-refractivity contribution in [2.75, 3.05) is 13.2 Å². The first-order valence-corrected chi connectivity index (χ1v) is 30.6. The van der Waals surface area contributed by atoms with Gasteiger partial charge in [-0.1, -0.05) is 285 Å². The van der Waals surface area contributed by atoms with Crippen LogP contribution in [0.5, 0.6) is 0 Å². The summed E-state index contributed by atoms with van der Waals surface area (Å²) in [6.07, 6.45) is 85.9. The summed E-state index contributed by atoms with van der Waals surface area (Å²) in [6.45, 7) is 4.04. The van der Waals surface area contributed by atoms with Gasteiger partial charge in [-0.3, -0.25) is 9.59 Å². The summed E-state index contributed by atoms with van der Waals surface area (Å²) in [5.41, 5.74) is 0. The number of hydrogen-bond acceptors (Lipinski definition) is 5.